The van der Waals surface area contributed by atoms with Gasteiger partial charge in [-0.05, 0) is 50.8 Å². The predicted molar refractivity (Wildman–Crippen MR) is 112 cm³/mol. The average Bonchev–Trinajstić information content (AvgIpc) is 2.60. The van der Waals surface area contributed by atoms with E-state index < -0.39 is 39.1 Å². The van der Waals surface area contributed by atoms with Gasteiger partial charge in [0, 0.05) is 16.1 Å². The number of benzene rings is 1. The topological polar surface area (TPSA) is 113 Å². The van der Waals surface area contributed by atoms with Crippen LogP contribution in [-0.2, 0) is 4.79 Å². The first-order valence-electron chi connectivity index (χ1n) is 9.68. The summed E-state index contributed by atoms with van der Waals surface area (Å²) in [5, 5.41) is 24.4. The third kappa shape index (κ3) is 3.86. The number of aryl methyl sites for hydroxylation is 1. The smallest absolute Gasteiger partial charge is 0.312 e. The highest BCUT2D eigenvalue weighted by Crippen LogP contribution is 2.57. The fourth-order valence-corrected chi connectivity index (χ4v) is 4.36. The molecule has 1 aromatic rings. The van der Waals surface area contributed by atoms with Crippen LogP contribution in [0, 0.1) is 38.0 Å². The van der Waals surface area contributed by atoms with E-state index >= 15 is 0 Å². The largest absolute Gasteiger partial charge is 0.426 e. The Labute approximate surface area is 175 Å². The summed E-state index contributed by atoms with van der Waals surface area (Å²) in [6.45, 7) is 11.8. The fraction of sp³-hybridized carbons (Fsp3) is 0.500. The molecular weight excluding hydrogens is 388 g/mol. The molecule has 1 aliphatic carbocycles. The second-order valence-corrected chi connectivity index (χ2v) is 8.91. The maximum atomic E-state index is 12.9. The van der Waals surface area contributed by atoms with E-state index in [0.29, 0.717) is 16.7 Å². The van der Waals surface area contributed by atoms with Gasteiger partial charge in [0.05, 0.1) is 11.3 Å². The number of ether oxygens (including phenoxy) is 1. The van der Waals surface area contributed by atoms with Crippen LogP contribution < -0.4 is 4.74 Å². The highest BCUT2D eigenvalue weighted by Gasteiger charge is 2.66. The molecule has 162 valence electrons. The Morgan fingerprint density at radius 2 is 1.57 bits per heavy atom. The summed E-state index contributed by atoms with van der Waals surface area (Å²) in [7, 11) is 0. The Bertz CT molecular complexity index is 953. The first kappa shape index (κ1) is 23.3. The summed E-state index contributed by atoms with van der Waals surface area (Å²) in [6, 6.07) is 5.35. The molecule has 0 aliphatic heterocycles. The van der Waals surface area contributed by atoms with Crippen molar-refractivity contribution in [3.63, 3.8) is 0 Å². The second-order valence-electron chi connectivity index (χ2n) is 8.91. The molecule has 1 aromatic carbocycles. The van der Waals surface area contributed by atoms with Gasteiger partial charge in [0.2, 0.25) is 0 Å². The standard InChI is InChI=1S/C22H28N2O6/c1-13-8-10-17(11-9-13)30-18(25)12-22(21(5,6)7)19(23(26)27)15(3)14(2)16(4)20(22)24(28)29/h8-11,19H,12H2,1-7H3. The van der Waals surface area contributed by atoms with E-state index in [1.54, 1.807) is 65.8 Å². The van der Waals surface area contributed by atoms with E-state index in [2.05, 4.69) is 0 Å². The number of carbonyl (C=O) groups excluding carboxylic acids is 1. The predicted octanol–water partition coefficient (Wildman–Crippen LogP) is 4.87. The van der Waals surface area contributed by atoms with E-state index in [9.17, 15) is 25.0 Å². The van der Waals surface area contributed by atoms with Crippen molar-refractivity contribution in [2.75, 3.05) is 0 Å². The van der Waals surface area contributed by atoms with Crippen LogP contribution in [0.1, 0.15) is 53.5 Å². The van der Waals surface area contributed by atoms with Crippen LogP contribution in [0.4, 0.5) is 0 Å². The van der Waals surface area contributed by atoms with Gasteiger partial charge in [-0.3, -0.25) is 25.0 Å². The van der Waals surface area contributed by atoms with Gasteiger partial charge in [-0.15, -0.1) is 0 Å². The summed E-state index contributed by atoms with van der Waals surface area (Å²) in [6.07, 6.45) is -0.492. The molecule has 2 rings (SSSR count). The van der Waals surface area contributed by atoms with Crippen molar-refractivity contribution < 1.29 is 19.4 Å². The van der Waals surface area contributed by atoms with Gasteiger partial charge in [0.15, 0.2) is 0 Å². The molecule has 0 amide bonds. The van der Waals surface area contributed by atoms with E-state index in [0.717, 1.165) is 5.56 Å². The molecule has 2 unspecified atom stereocenters. The van der Waals surface area contributed by atoms with Crippen LogP contribution in [0.25, 0.3) is 0 Å². The number of hydrogen-bond donors (Lipinski definition) is 0. The summed E-state index contributed by atoms with van der Waals surface area (Å²) in [5.41, 5.74) is -0.698. The van der Waals surface area contributed by atoms with Crippen molar-refractivity contribution in [2.45, 2.75) is 60.9 Å². The molecule has 0 fully saturated rings. The molecule has 8 nitrogen and oxygen atoms in total. The van der Waals surface area contributed by atoms with Gasteiger partial charge in [0.25, 0.3) is 11.7 Å². The summed E-state index contributed by atoms with van der Waals surface area (Å²) in [5.74, 6) is -0.463. The minimum Gasteiger partial charge on any atom is -0.426 e. The molecule has 8 heteroatoms. The Morgan fingerprint density at radius 3 is 2.00 bits per heavy atom. The Hall–Kier alpha value is -3.03. The molecule has 2 atom stereocenters. The maximum Gasteiger partial charge on any atom is 0.312 e. The maximum absolute atomic E-state index is 12.9. The van der Waals surface area contributed by atoms with E-state index in [1.807, 2.05) is 6.92 Å². The van der Waals surface area contributed by atoms with Crippen molar-refractivity contribution >= 4 is 5.97 Å². The monoisotopic (exact) mass is 416 g/mol. The van der Waals surface area contributed by atoms with E-state index in [-0.39, 0.29) is 11.4 Å². The summed E-state index contributed by atoms with van der Waals surface area (Å²) >= 11 is 0. The quantitative estimate of drug-likeness (QED) is 0.293. The van der Waals surface area contributed by atoms with Crippen molar-refractivity contribution in [3.05, 3.63) is 72.5 Å². The normalized spacial score (nSPS) is 22.2. The molecule has 0 spiro atoms. The zero-order valence-electron chi connectivity index (χ0n) is 18.4. The van der Waals surface area contributed by atoms with E-state index in [4.69, 9.17) is 4.74 Å². The third-order valence-electron chi connectivity index (χ3n) is 6.22. The Balaban J connectivity index is 2.68. The van der Waals surface area contributed by atoms with Crippen molar-refractivity contribution in [3.8, 4) is 5.75 Å². The van der Waals surface area contributed by atoms with Crippen molar-refractivity contribution in [1.29, 1.82) is 0 Å². The van der Waals surface area contributed by atoms with Gasteiger partial charge in [-0.1, -0.05) is 38.5 Å². The molecule has 0 N–H and O–H groups in total. The van der Waals surface area contributed by atoms with Crippen LogP contribution in [0.2, 0.25) is 0 Å². The minimum absolute atomic E-state index is 0.287. The lowest BCUT2D eigenvalue weighted by atomic mass is 9.54. The van der Waals surface area contributed by atoms with Crippen molar-refractivity contribution in [2.24, 2.45) is 10.8 Å². The molecule has 0 saturated carbocycles. The number of rotatable bonds is 5. The van der Waals surface area contributed by atoms with Gasteiger partial charge < -0.3 is 4.74 Å². The zero-order valence-corrected chi connectivity index (χ0v) is 18.4. The number of carbonyl (C=O) groups is 1. The fourth-order valence-electron chi connectivity index (χ4n) is 4.36. The Morgan fingerprint density at radius 1 is 1.03 bits per heavy atom. The van der Waals surface area contributed by atoms with Crippen LogP contribution in [0.5, 0.6) is 5.75 Å². The SMILES string of the molecule is CC1=C(C)C([N+](=O)[O-])C(CC(=O)Oc2ccc(C)cc2)(C(C)(C)C)C([N+](=O)[O-])=C1C. The lowest BCUT2D eigenvalue weighted by Crippen LogP contribution is -2.56. The number of allylic oxidation sites excluding steroid dienone is 2. The lowest BCUT2D eigenvalue weighted by molar-refractivity contribution is -0.551. The third-order valence-corrected chi connectivity index (χ3v) is 6.22. The molecule has 0 saturated heterocycles. The number of nitrogens with zero attached hydrogens (tertiary/aromatic N) is 2. The first-order valence-corrected chi connectivity index (χ1v) is 9.68. The highest BCUT2D eigenvalue weighted by atomic mass is 16.6. The summed E-state index contributed by atoms with van der Waals surface area (Å²) in [4.78, 5) is 36.2. The highest BCUT2D eigenvalue weighted by molar-refractivity contribution is 5.74. The number of nitro groups is 2. The van der Waals surface area contributed by atoms with Crippen LogP contribution >= 0.6 is 0 Å². The minimum atomic E-state index is -1.69. The molecule has 30 heavy (non-hydrogen) atoms. The zero-order chi connectivity index (χ0) is 23.0. The average molecular weight is 416 g/mol. The number of hydrogen-bond acceptors (Lipinski definition) is 6. The lowest BCUT2D eigenvalue weighted by Gasteiger charge is -2.45. The van der Waals surface area contributed by atoms with Gasteiger partial charge in [-0.2, -0.15) is 0 Å². The Kier molecular flexibility index (Phi) is 6.21. The van der Waals surface area contributed by atoms with Crippen LogP contribution in [-0.4, -0.2) is 21.9 Å². The van der Waals surface area contributed by atoms with Gasteiger partial charge >= 0.3 is 5.97 Å². The van der Waals surface area contributed by atoms with Crippen LogP contribution in [0.3, 0.4) is 0 Å². The van der Waals surface area contributed by atoms with E-state index in [1.165, 1.54) is 0 Å². The van der Waals surface area contributed by atoms with Gasteiger partial charge in [-0.25, -0.2) is 0 Å². The molecule has 0 radical (unpaired) electrons. The van der Waals surface area contributed by atoms with Crippen molar-refractivity contribution in [1.82, 2.24) is 0 Å². The first-order chi connectivity index (χ1) is 13.7. The number of esters is 1. The molecule has 0 heterocycles. The van der Waals surface area contributed by atoms with Gasteiger partial charge in [0.1, 0.15) is 11.2 Å². The van der Waals surface area contributed by atoms with Crippen LogP contribution in [0.15, 0.2) is 46.7 Å². The molecule has 0 aromatic heterocycles. The molecule has 0 bridgehead atoms. The second kappa shape index (κ2) is 8.01. The summed E-state index contributed by atoms with van der Waals surface area (Å²) < 4.78 is 5.42. The molecular formula is C22H28N2O6. The molecule has 1 aliphatic rings.